The Morgan fingerprint density at radius 1 is 0.200 bits per heavy atom. The number of hydrogen-bond acceptors (Lipinski definition) is 2. The first-order valence-electron chi connectivity index (χ1n) is 36.5. The molecule has 0 N–H and O–H groups in total. The second kappa shape index (κ2) is 23.2. The van der Waals surface area contributed by atoms with Crippen molar-refractivity contribution < 1.29 is 0 Å². The predicted molar refractivity (Wildman–Crippen MR) is 438 cm³/mol. The molecule has 5 nitrogen and oxygen atoms in total. The summed E-state index contributed by atoms with van der Waals surface area (Å²) in [7, 11) is 0. The quantitative estimate of drug-likeness (QED) is 0.137. The number of nitrogens with zero attached hydrogens (tertiary/aromatic N) is 5. The standard InChI is InChI=1S/C100H69N5/c1-99(2)86-30-15-11-26-76(86)78-52-46-74(59-88(78)99)103-92-32-17-13-28-80(92)82-48-42-68(55-94(82)103)70-44-50-84-85-51-45-71(69-43-49-83-81-29-14-18-33-93(81)104(95(83)56-69)75-47-53-79-77-27-12-16-31-87(77)100(3,4)89(79)60-75)58-97(85)105(96(84)57-70)73-25-19-24-72(54-73)98-101-90(66-38-34-64(35-39-66)62-20-7-5-8-21-62)61-91(102-98)67-40-36-65(37-41-67)63-22-9-6-10-23-63/h5-61H,1-4H3. The van der Waals surface area contributed by atoms with Gasteiger partial charge in [-0.15, -0.1) is 0 Å². The third-order valence-electron chi connectivity index (χ3n) is 23.1. The van der Waals surface area contributed by atoms with Crippen molar-refractivity contribution in [3.63, 3.8) is 0 Å². The lowest BCUT2D eigenvalue weighted by Crippen LogP contribution is -2.15. The molecular formula is C100H69N5. The van der Waals surface area contributed by atoms with Gasteiger partial charge in [0.25, 0.3) is 0 Å². The zero-order chi connectivity index (χ0) is 69.8. The Morgan fingerprint density at radius 3 is 0.943 bits per heavy atom. The minimum Gasteiger partial charge on any atom is -0.309 e. The van der Waals surface area contributed by atoms with Gasteiger partial charge in [0.2, 0.25) is 0 Å². The number of hydrogen-bond donors (Lipinski definition) is 0. The second-order valence-electron chi connectivity index (χ2n) is 29.7. The molecule has 494 valence electrons. The molecule has 19 aromatic rings. The summed E-state index contributed by atoms with van der Waals surface area (Å²) < 4.78 is 7.46. The molecule has 0 radical (unpaired) electrons. The van der Waals surface area contributed by atoms with Crippen LogP contribution in [0.1, 0.15) is 49.9 Å². The van der Waals surface area contributed by atoms with Crippen molar-refractivity contribution in [2.45, 2.75) is 38.5 Å². The number of fused-ring (bicyclic) bond motifs is 15. The molecule has 0 unspecified atom stereocenters. The summed E-state index contributed by atoms with van der Waals surface area (Å²) in [5.41, 5.74) is 34.5. The van der Waals surface area contributed by atoms with E-state index < -0.39 is 0 Å². The Hall–Kier alpha value is -13.2. The lowest BCUT2D eigenvalue weighted by atomic mass is 9.82. The molecule has 0 spiro atoms. The largest absolute Gasteiger partial charge is 0.309 e. The average molecular weight is 1340 g/mol. The van der Waals surface area contributed by atoms with Gasteiger partial charge in [-0.1, -0.05) is 295 Å². The minimum absolute atomic E-state index is 0.143. The summed E-state index contributed by atoms with van der Waals surface area (Å²) in [6.07, 6.45) is 0. The van der Waals surface area contributed by atoms with Crippen molar-refractivity contribution in [3.8, 4) is 118 Å². The highest BCUT2D eigenvalue weighted by Gasteiger charge is 2.37. The summed E-state index contributed by atoms with van der Waals surface area (Å²) in [4.78, 5) is 11.0. The van der Waals surface area contributed by atoms with Crippen LogP contribution in [0.4, 0.5) is 0 Å². The van der Waals surface area contributed by atoms with Gasteiger partial charge in [0.05, 0.1) is 44.5 Å². The van der Waals surface area contributed by atoms with Gasteiger partial charge in [-0.05, 0) is 168 Å². The molecule has 5 heteroatoms. The van der Waals surface area contributed by atoms with Gasteiger partial charge in [-0.2, -0.15) is 0 Å². The zero-order valence-corrected chi connectivity index (χ0v) is 58.6. The molecular weight excluding hydrogens is 1270 g/mol. The summed E-state index contributed by atoms with van der Waals surface area (Å²) in [6.45, 7) is 9.48. The summed E-state index contributed by atoms with van der Waals surface area (Å²) >= 11 is 0. The highest BCUT2D eigenvalue weighted by atomic mass is 15.0. The van der Waals surface area contributed by atoms with E-state index in [1.807, 2.05) is 0 Å². The van der Waals surface area contributed by atoms with Crippen LogP contribution in [0, 0.1) is 0 Å². The number of benzene rings is 15. The molecule has 2 aliphatic carbocycles. The predicted octanol–water partition coefficient (Wildman–Crippen LogP) is 26.0. The van der Waals surface area contributed by atoms with Gasteiger partial charge in [0.1, 0.15) is 0 Å². The molecule has 4 aromatic heterocycles. The lowest BCUT2D eigenvalue weighted by molar-refractivity contribution is 0.660. The third-order valence-corrected chi connectivity index (χ3v) is 23.1. The Morgan fingerprint density at radius 2 is 0.514 bits per heavy atom. The average Bonchev–Trinajstić information content (AvgIpc) is 1.58. The summed E-state index contributed by atoms with van der Waals surface area (Å²) in [6, 6.07) is 128. The van der Waals surface area contributed by atoms with Crippen LogP contribution in [0.3, 0.4) is 0 Å². The van der Waals surface area contributed by atoms with E-state index in [4.69, 9.17) is 9.97 Å². The molecule has 0 fully saturated rings. The maximum atomic E-state index is 5.50. The van der Waals surface area contributed by atoms with E-state index >= 15 is 0 Å². The maximum absolute atomic E-state index is 5.50. The van der Waals surface area contributed by atoms with E-state index in [2.05, 4.69) is 387 Å². The van der Waals surface area contributed by atoms with Crippen LogP contribution in [-0.4, -0.2) is 23.7 Å². The van der Waals surface area contributed by atoms with Gasteiger partial charge < -0.3 is 13.7 Å². The normalized spacial score (nSPS) is 13.3. The molecule has 21 rings (SSSR count). The molecule has 4 heterocycles. The molecule has 0 aliphatic heterocycles. The van der Waals surface area contributed by atoms with Gasteiger partial charge in [-0.25, -0.2) is 9.97 Å². The van der Waals surface area contributed by atoms with Crippen molar-refractivity contribution in [2.24, 2.45) is 0 Å². The molecule has 0 saturated heterocycles. The monoisotopic (exact) mass is 1340 g/mol. The molecule has 0 saturated carbocycles. The van der Waals surface area contributed by atoms with Crippen molar-refractivity contribution in [3.05, 3.63) is 368 Å². The lowest BCUT2D eigenvalue weighted by Gasteiger charge is -2.22. The van der Waals surface area contributed by atoms with E-state index in [-0.39, 0.29) is 10.8 Å². The Kier molecular flexibility index (Phi) is 13.3. The van der Waals surface area contributed by atoms with Crippen molar-refractivity contribution in [1.29, 1.82) is 0 Å². The SMILES string of the molecule is CC1(C)c2ccccc2-c2ccc(-n3c4ccccc4c4ccc(-c5ccc6c7ccc(-c8ccc9c%10ccccc%10n(-c%10ccc%11c(c%10)C(C)(C)c%10ccccc%10-%11)c9c8)cc7n(-c7cccc(-c8nc(-c9ccc(-c%10ccccc%10)cc9)cc(-c9ccc(-c%10ccccc%10)cc9)n8)c7)c6c5)cc43)cc21. The van der Waals surface area contributed by atoms with Crippen LogP contribution < -0.4 is 0 Å². The van der Waals surface area contributed by atoms with Crippen molar-refractivity contribution in [1.82, 2.24) is 23.7 Å². The van der Waals surface area contributed by atoms with Gasteiger partial charge in [0.15, 0.2) is 5.82 Å². The van der Waals surface area contributed by atoms with E-state index in [9.17, 15) is 0 Å². The summed E-state index contributed by atoms with van der Waals surface area (Å²) in [5, 5.41) is 7.24. The molecule has 105 heavy (non-hydrogen) atoms. The first kappa shape index (κ1) is 60.5. The molecule has 15 aromatic carbocycles. The van der Waals surface area contributed by atoms with Gasteiger partial charge in [-0.3, -0.25) is 0 Å². The fourth-order valence-electron chi connectivity index (χ4n) is 17.8. The first-order chi connectivity index (χ1) is 51.5. The van der Waals surface area contributed by atoms with E-state index in [0.717, 1.165) is 89.6 Å². The zero-order valence-electron chi connectivity index (χ0n) is 58.6. The van der Waals surface area contributed by atoms with Crippen LogP contribution in [0.2, 0.25) is 0 Å². The van der Waals surface area contributed by atoms with Crippen LogP contribution in [0.25, 0.3) is 183 Å². The van der Waals surface area contributed by atoms with Crippen LogP contribution in [0.15, 0.2) is 346 Å². The summed E-state index contributed by atoms with van der Waals surface area (Å²) in [5.74, 6) is 0.645. The maximum Gasteiger partial charge on any atom is 0.160 e. The fraction of sp³-hybridized carbons (Fsp3) is 0.0600. The fourth-order valence-corrected chi connectivity index (χ4v) is 17.8. The number of aromatic nitrogens is 5. The van der Waals surface area contributed by atoms with E-state index in [1.165, 1.54) is 110 Å². The van der Waals surface area contributed by atoms with E-state index in [0.29, 0.717) is 5.82 Å². The van der Waals surface area contributed by atoms with Crippen LogP contribution in [-0.2, 0) is 10.8 Å². The Labute approximate surface area is 609 Å². The van der Waals surface area contributed by atoms with Gasteiger partial charge in [0, 0.05) is 76.9 Å². The molecule has 0 bridgehead atoms. The molecule has 0 amide bonds. The smallest absolute Gasteiger partial charge is 0.160 e. The number of rotatable bonds is 10. The van der Waals surface area contributed by atoms with E-state index in [1.54, 1.807) is 0 Å². The molecule has 2 aliphatic rings. The number of para-hydroxylation sites is 2. The second-order valence-corrected chi connectivity index (χ2v) is 29.7. The third kappa shape index (κ3) is 9.48. The van der Waals surface area contributed by atoms with Crippen LogP contribution in [0.5, 0.6) is 0 Å². The Balaban J connectivity index is 0.745. The van der Waals surface area contributed by atoms with Gasteiger partial charge >= 0.3 is 0 Å². The molecule has 0 atom stereocenters. The van der Waals surface area contributed by atoms with Crippen LogP contribution >= 0.6 is 0 Å². The van der Waals surface area contributed by atoms with Crippen molar-refractivity contribution in [2.75, 3.05) is 0 Å². The first-order valence-corrected chi connectivity index (χ1v) is 36.5. The Bertz CT molecular complexity index is 6420. The highest BCUT2D eigenvalue weighted by molar-refractivity contribution is 6.14. The van der Waals surface area contributed by atoms with Crippen molar-refractivity contribution >= 4 is 65.4 Å². The topological polar surface area (TPSA) is 40.6 Å². The highest BCUT2D eigenvalue weighted by Crippen LogP contribution is 2.52. The minimum atomic E-state index is -0.143.